The fourth-order valence-corrected chi connectivity index (χ4v) is 2.01. The first-order valence-corrected chi connectivity index (χ1v) is 7.12. The molecule has 3 N–H and O–H groups in total. The van der Waals surface area contributed by atoms with Crippen molar-refractivity contribution in [3.63, 3.8) is 0 Å². The molecule has 5 nitrogen and oxygen atoms in total. The molecule has 0 unspecified atom stereocenters. The molecule has 0 aliphatic rings. The van der Waals surface area contributed by atoms with E-state index in [2.05, 4.69) is 5.32 Å². The summed E-state index contributed by atoms with van der Waals surface area (Å²) in [5.74, 6) is 0.842. The van der Waals surface area contributed by atoms with Crippen LogP contribution in [0.1, 0.15) is 23.7 Å². The summed E-state index contributed by atoms with van der Waals surface area (Å²) in [6, 6.07) is 12.2. The molecule has 0 heterocycles. The number of nitrogens with two attached hydrogens (primary N) is 1. The molecule has 22 heavy (non-hydrogen) atoms. The standard InChI is InChI=1S/C17H20N2O3/c1-3-10-22-15-7-5-4-6-13(15)17(20)19-14-11-12(18)8-9-16(14)21-2/h4-9,11H,3,10,18H2,1-2H3,(H,19,20). The monoisotopic (exact) mass is 300 g/mol. The number of carbonyl (C=O) groups excluding carboxylic acids is 1. The topological polar surface area (TPSA) is 73.6 Å². The van der Waals surface area contributed by atoms with Gasteiger partial charge in [-0.2, -0.15) is 0 Å². The van der Waals surface area contributed by atoms with Crippen molar-refractivity contribution in [1.82, 2.24) is 0 Å². The Balaban J connectivity index is 2.24. The molecule has 2 aromatic rings. The molecule has 0 radical (unpaired) electrons. The van der Waals surface area contributed by atoms with Crippen molar-refractivity contribution in [2.75, 3.05) is 24.8 Å². The van der Waals surface area contributed by atoms with Gasteiger partial charge in [0, 0.05) is 5.69 Å². The number of amides is 1. The molecule has 2 rings (SSSR count). The maximum Gasteiger partial charge on any atom is 0.259 e. The minimum atomic E-state index is -0.268. The summed E-state index contributed by atoms with van der Waals surface area (Å²) < 4.78 is 10.8. The lowest BCUT2D eigenvalue weighted by Gasteiger charge is -2.13. The van der Waals surface area contributed by atoms with Crippen molar-refractivity contribution in [2.24, 2.45) is 0 Å². The van der Waals surface area contributed by atoms with E-state index in [1.54, 1.807) is 43.5 Å². The molecular formula is C17H20N2O3. The highest BCUT2D eigenvalue weighted by molar-refractivity contribution is 6.07. The predicted octanol–water partition coefficient (Wildman–Crippen LogP) is 3.32. The van der Waals surface area contributed by atoms with Gasteiger partial charge in [0.05, 0.1) is 25.0 Å². The number of hydrogen-bond donors (Lipinski definition) is 2. The van der Waals surface area contributed by atoms with Gasteiger partial charge < -0.3 is 20.5 Å². The second-order valence-electron chi connectivity index (χ2n) is 4.76. The summed E-state index contributed by atoms with van der Waals surface area (Å²) in [7, 11) is 1.54. The summed E-state index contributed by atoms with van der Waals surface area (Å²) in [6.07, 6.45) is 0.874. The molecule has 0 fully saturated rings. The van der Waals surface area contributed by atoms with Crippen LogP contribution in [0.2, 0.25) is 0 Å². The Morgan fingerprint density at radius 2 is 1.95 bits per heavy atom. The van der Waals surface area contributed by atoms with E-state index >= 15 is 0 Å². The maximum absolute atomic E-state index is 12.5. The first-order valence-electron chi connectivity index (χ1n) is 7.12. The number of benzene rings is 2. The average molecular weight is 300 g/mol. The lowest BCUT2D eigenvalue weighted by Crippen LogP contribution is -2.14. The smallest absolute Gasteiger partial charge is 0.259 e. The van der Waals surface area contributed by atoms with E-state index in [1.807, 2.05) is 13.0 Å². The minimum absolute atomic E-state index is 0.268. The van der Waals surface area contributed by atoms with Crippen LogP contribution >= 0.6 is 0 Å². The first kappa shape index (κ1) is 15.7. The second kappa shape index (κ2) is 7.36. The van der Waals surface area contributed by atoms with Gasteiger partial charge in [-0.25, -0.2) is 0 Å². The first-order chi connectivity index (χ1) is 10.7. The van der Waals surface area contributed by atoms with E-state index in [-0.39, 0.29) is 5.91 Å². The fourth-order valence-electron chi connectivity index (χ4n) is 2.01. The van der Waals surface area contributed by atoms with Crippen molar-refractivity contribution in [3.05, 3.63) is 48.0 Å². The van der Waals surface area contributed by atoms with Crippen LogP contribution in [0.5, 0.6) is 11.5 Å². The van der Waals surface area contributed by atoms with Crippen LogP contribution in [-0.2, 0) is 0 Å². The molecule has 0 aliphatic heterocycles. The average Bonchev–Trinajstić information content (AvgIpc) is 2.53. The van der Waals surface area contributed by atoms with Gasteiger partial charge in [-0.1, -0.05) is 19.1 Å². The number of para-hydroxylation sites is 1. The number of nitrogen functional groups attached to an aromatic ring is 1. The van der Waals surface area contributed by atoms with E-state index in [1.165, 1.54) is 0 Å². The van der Waals surface area contributed by atoms with Gasteiger partial charge in [-0.05, 0) is 36.8 Å². The molecule has 0 aliphatic carbocycles. The highest BCUT2D eigenvalue weighted by atomic mass is 16.5. The summed E-state index contributed by atoms with van der Waals surface area (Å²) in [5, 5.41) is 2.81. The SMILES string of the molecule is CCCOc1ccccc1C(=O)Nc1cc(N)ccc1OC. The number of rotatable bonds is 6. The molecule has 0 atom stereocenters. The van der Waals surface area contributed by atoms with E-state index in [0.717, 1.165) is 6.42 Å². The van der Waals surface area contributed by atoms with Gasteiger partial charge in [-0.15, -0.1) is 0 Å². The highest BCUT2D eigenvalue weighted by Crippen LogP contribution is 2.28. The van der Waals surface area contributed by atoms with Gasteiger partial charge in [0.15, 0.2) is 0 Å². The van der Waals surface area contributed by atoms with Crippen LogP contribution in [0.15, 0.2) is 42.5 Å². The third-order valence-corrected chi connectivity index (χ3v) is 3.07. The molecule has 5 heteroatoms. The van der Waals surface area contributed by atoms with Gasteiger partial charge in [0.2, 0.25) is 0 Å². The summed E-state index contributed by atoms with van der Waals surface area (Å²) >= 11 is 0. The fraction of sp³-hybridized carbons (Fsp3) is 0.235. The van der Waals surface area contributed by atoms with E-state index < -0.39 is 0 Å². The Bertz CT molecular complexity index is 656. The number of carbonyl (C=O) groups is 1. The van der Waals surface area contributed by atoms with Crippen molar-refractivity contribution in [2.45, 2.75) is 13.3 Å². The van der Waals surface area contributed by atoms with Crippen LogP contribution in [0.3, 0.4) is 0 Å². The molecule has 0 saturated heterocycles. The number of methoxy groups -OCH3 is 1. The van der Waals surface area contributed by atoms with Crippen LogP contribution < -0.4 is 20.5 Å². The number of ether oxygens (including phenoxy) is 2. The predicted molar refractivity (Wildman–Crippen MR) is 87.6 cm³/mol. The molecule has 1 amide bonds. The normalized spacial score (nSPS) is 10.1. The van der Waals surface area contributed by atoms with Crippen LogP contribution in [0, 0.1) is 0 Å². The molecule has 0 saturated carbocycles. The van der Waals surface area contributed by atoms with Gasteiger partial charge in [-0.3, -0.25) is 4.79 Å². The summed E-state index contributed by atoms with van der Waals surface area (Å²) in [6.45, 7) is 2.58. The van der Waals surface area contributed by atoms with Gasteiger partial charge in [0.1, 0.15) is 11.5 Å². The Morgan fingerprint density at radius 3 is 2.68 bits per heavy atom. The molecule has 2 aromatic carbocycles. The van der Waals surface area contributed by atoms with Crippen LogP contribution in [0.25, 0.3) is 0 Å². The Labute approximate surface area is 130 Å². The zero-order chi connectivity index (χ0) is 15.9. The highest BCUT2D eigenvalue weighted by Gasteiger charge is 2.14. The lowest BCUT2D eigenvalue weighted by molar-refractivity contribution is 0.102. The third-order valence-electron chi connectivity index (χ3n) is 3.07. The van der Waals surface area contributed by atoms with Crippen LogP contribution in [0.4, 0.5) is 11.4 Å². The van der Waals surface area contributed by atoms with Gasteiger partial charge in [0.25, 0.3) is 5.91 Å². The number of nitrogens with one attached hydrogen (secondary N) is 1. The van der Waals surface area contributed by atoms with Gasteiger partial charge >= 0.3 is 0 Å². The van der Waals surface area contributed by atoms with Crippen molar-refractivity contribution in [3.8, 4) is 11.5 Å². The molecular weight excluding hydrogens is 280 g/mol. The number of hydrogen-bond acceptors (Lipinski definition) is 4. The zero-order valence-corrected chi connectivity index (χ0v) is 12.8. The van der Waals surface area contributed by atoms with Crippen molar-refractivity contribution >= 4 is 17.3 Å². The maximum atomic E-state index is 12.5. The largest absolute Gasteiger partial charge is 0.495 e. The Kier molecular flexibility index (Phi) is 5.25. The minimum Gasteiger partial charge on any atom is -0.495 e. The van der Waals surface area contributed by atoms with Crippen molar-refractivity contribution in [1.29, 1.82) is 0 Å². The Hall–Kier alpha value is -2.69. The molecule has 0 aromatic heterocycles. The molecule has 0 spiro atoms. The van der Waals surface area contributed by atoms with Crippen LogP contribution in [-0.4, -0.2) is 19.6 Å². The summed E-state index contributed by atoms with van der Waals surface area (Å²) in [5.41, 5.74) is 7.31. The zero-order valence-electron chi connectivity index (χ0n) is 12.8. The molecule has 116 valence electrons. The van der Waals surface area contributed by atoms with Crippen molar-refractivity contribution < 1.29 is 14.3 Å². The lowest BCUT2D eigenvalue weighted by atomic mass is 10.1. The second-order valence-corrected chi connectivity index (χ2v) is 4.76. The molecule has 0 bridgehead atoms. The third kappa shape index (κ3) is 3.69. The van der Waals surface area contributed by atoms with E-state index in [9.17, 15) is 4.79 Å². The number of anilines is 2. The Morgan fingerprint density at radius 1 is 1.18 bits per heavy atom. The van der Waals surface area contributed by atoms with E-state index in [0.29, 0.717) is 35.0 Å². The summed E-state index contributed by atoms with van der Waals surface area (Å²) in [4.78, 5) is 12.5. The van der Waals surface area contributed by atoms with E-state index in [4.69, 9.17) is 15.2 Å². The quantitative estimate of drug-likeness (QED) is 0.803.